The van der Waals surface area contributed by atoms with E-state index in [2.05, 4.69) is 15.2 Å². The summed E-state index contributed by atoms with van der Waals surface area (Å²) in [6.45, 7) is 3.48. The molecule has 1 aliphatic heterocycles. The summed E-state index contributed by atoms with van der Waals surface area (Å²) < 4.78 is 14.3. The lowest BCUT2D eigenvalue weighted by molar-refractivity contribution is -0.114. The normalized spacial score (nSPS) is 15.0. The molecule has 2 aromatic carbocycles. The minimum absolute atomic E-state index is 0.0236. The third-order valence-corrected chi connectivity index (χ3v) is 6.03. The Labute approximate surface area is 189 Å². The van der Waals surface area contributed by atoms with Gasteiger partial charge in [-0.05, 0) is 68.4 Å². The van der Waals surface area contributed by atoms with Crippen molar-refractivity contribution < 1.29 is 14.0 Å². The van der Waals surface area contributed by atoms with Gasteiger partial charge < -0.3 is 15.2 Å². The fourth-order valence-electron chi connectivity index (χ4n) is 4.25. The fraction of sp³-hybridized carbons (Fsp3) is 0.333. The molecule has 0 aliphatic carbocycles. The number of halogens is 1. The molecule has 0 atom stereocenters. The minimum Gasteiger partial charge on any atom is -0.326 e. The summed E-state index contributed by atoms with van der Waals surface area (Å²) in [6, 6.07) is 10.4. The number of piperidine rings is 1. The second kappa shape index (κ2) is 9.50. The fourth-order valence-corrected chi connectivity index (χ4v) is 4.25. The van der Waals surface area contributed by atoms with Crippen molar-refractivity contribution in [3.63, 3.8) is 0 Å². The number of hydrogen-bond donors (Lipinski definition) is 2. The second-order valence-electron chi connectivity index (χ2n) is 8.32. The molecule has 4 rings (SSSR count). The first kappa shape index (κ1) is 22.6. The van der Waals surface area contributed by atoms with Gasteiger partial charge in [-0.25, -0.2) is 9.18 Å². The molecule has 0 spiro atoms. The number of anilines is 1. The average molecular weight is 452 g/mol. The zero-order valence-electron chi connectivity index (χ0n) is 18.3. The molecule has 2 heterocycles. The van der Waals surface area contributed by atoms with Gasteiger partial charge in [-0.15, -0.1) is 0 Å². The van der Waals surface area contributed by atoms with Crippen LogP contribution in [0.5, 0.6) is 0 Å². The number of rotatable bonds is 6. The summed E-state index contributed by atoms with van der Waals surface area (Å²) in [4.78, 5) is 54.1. The van der Waals surface area contributed by atoms with Crippen LogP contribution >= 0.6 is 0 Å². The van der Waals surface area contributed by atoms with E-state index >= 15 is 0 Å². The van der Waals surface area contributed by atoms with Gasteiger partial charge in [0, 0.05) is 37.2 Å². The minimum atomic E-state index is -0.506. The van der Waals surface area contributed by atoms with Crippen molar-refractivity contribution in [1.29, 1.82) is 0 Å². The number of H-pyrrole nitrogens is 1. The summed E-state index contributed by atoms with van der Waals surface area (Å²) in [5, 5.41) is 2.99. The zero-order valence-corrected chi connectivity index (χ0v) is 18.3. The van der Waals surface area contributed by atoms with Gasteiger partial charge in [-0.3, -0.25) is 19.0 Å². The van der Waals surface area contributed by atoms with E-state index < -0.39 is 5.69 Å². The first-order valence-corrected chi connectivity index (χ1v) is 10.9. The predicted molar refractivity (Wildman–Crippen MR) is 123 cm³/mol. The largest absolute Gasteiger partial charge is 0.328 e. The van der Waals surface area contributed by atoms with Gasteiger partial charge >= 0.3 is 5.69 Å². The van der Waals surface area contributed by atoms with Crippen molar-refractivity contribution in [2.45, 2.75) is 26.3 Å². The Bertz CT molecular complexity index is 1300. The van der Waals surface area contributed by atoms with Crippen molar-refractivity contribution in [3.05, 3.63) is 74.7 Å². The molecule has 1 fully saturated rings. The molecule has 172 valence electrons. The van der Waals surface area contributed by atoms with Crippen molar-refractivity contribution in [1.82, 2.24) is 14.5 Å². The first-order valence-electron chi connectivity index (χ1n) is 10.9. The van der Waals surface area contributed by atoms with Crippen LogP contribution < -0.4 is 16.6 Å². The van der Waals surface area contributed by atoms with Gasteiger partial charge in [0.25, 0.3) is 5.56 Å². The van der Waals surface area contributed by atoms with E-state index in [-0.39, 0.29) is 35.5 Å². The Hall–Kier alpha value is -3.59. The van der Waals surface area contributed by atoms with E-state index in [1.165, 1.54) is 35.8 Å². The maximum atomic E-state index is 13.1. The number of fused-ring (bicyclic) bond motifs is 1. The highest BCUT2D eigenvalue weighted by Crippen LogP contribution is 2.22. The number of benzene rings is 2. The first-order chi connectivity index (χ1) is 15.8. The summed E-state index contributed by atoms with van der Waals surface area (Å²) in [7, 11) is 0. The smallest absolute Gasteiger partial charge is 0.326 e. The number of carbonyl (C=O) groups excluding carboxylic acids is 2. The van der Waals surface area contributed by atoms with E-state index in [1.54, 1.807) is 18.2 Å². The average Bonchev–Trinajstić information content (AvgIpc) is 2.79. The molecule has 0 radical (unpaired) electrons. The van der Waals surface area contributed by atoms with Crippen LogP contribution in [0.4, 0.5) is 10.1 Å². The van der Waals surface area contributed by atoms with E-state index in [0.717, 1.165) is 0 Å². The van der Waals surface area contributed by atoms with Crippen LogP contribution in [0.2, 0.25) is 0 Å². The number of aromatic amines is 1. The Morgan fingerprint density at radius 3 is 2.42 bits per heavy atom. The molecule has 9 heteroatoms. The van der Waals surface area contributed by atoms with Crippen LogP contribution in [-0.4, -0.2) is 45.8 Å². The Morgan fingerprint density at radius 1 is 1.06 bits per heavy atom. The van der Waals surface area contributed by atoms with Crippen LogP contribution in [0.3, 0.4) is 0 Å². The molecule has 3 aromatic rings. The standard InChI is InChI=1S/C24H25FN4O4/c1-15(30)26-19-6-7-20-21(14-19)27-24(33)29(23(20)32)13-12-28-10-8-17(9-11-28)22(31)16-2-4-18(25)5-3-16/h2-7,14,17H,8-13H2,1H3,(H,26,30)(H,27,33). The van der Waals surface area contributed by atoms with Crippen molar-refractivity contribution in [2.24, 2.45) is 5.92 Å². The monoisotopic (exact) mass is 452 g/mol. The van der Waals surface area contributed by atoms with Gasteiger partial charge in [-0.1, -0.05) is 0 Å². The highest BCUT2D eigenvalue weighted by molar-refractivity contribution is 5.97. The summed E-state index contributed by atoms with van der Waals surface area (Å²) >= 11 is 0. The molecule has 0 unspecified atom stereocenters. The molecule has 1 aliphatic rings. The van der Waals surface area contributed by atoms with Gasteiger partial charge in [0.15, 0.2) is 5.78 Å². The Balaban J connectivity index is 1.39. The zero-order chi connectivity index (χ0) is 23.5. The Morgan fingerprint density at radius 2 is 1.76 bits per heavy atom. The quantitative estimate of drug-likeness (QED) is 0.559. The number of ketones is 1. The van der Waals surface area contributed by atoms with Crippen LogP contribution in [0.1, 0.15) is 30.1 Å². The molecule has 0 bridgehead atoms. The molecule has 1 saturated heterocycles. The molecule has 1 amide bonds. The Kier molecular flexibility index (Phi) is 6.50. The lowest BCUT2D eigenvalue weighted by atomic mass is 9.89. The number of likely N-dealkylation sites (tertiary alicyclic amines) is 1. The maximum Gasteiger partial charge on any atom is 0.328 e. The van der Waals surface area contributed by atoms with E-state index in [9.17, 15) is 23.6 Å². The van der Waals surface area contributed by atoms with Crippen LogP contribution in [-0.2, 0) is 11.3 Å². The predicted octanol–water partition coefficient (Wildman–Crippen LogP) is 2.38. The number of nitrogens with one attached hydrogen (secondary N) is 2. The number of aromatic nitrogens is 2. The molecule has 8 nitrogen and oxygen atoms in total. The molecular formula is C24H25FN4O4. The van der Waals surface area contributed by atoms with Gasteiger partial charge in [0.2, 0.25) is 5.91 Å². The molecular weight excluding hydrogens is 427 g/mol. The molecule has 2 N–H and O–H groups in total. The van der Waals surface area contributed by atoms with Gasteiger partial charge in [0.05, 0.1) is 10.9 Å². The van der Waals surface area contributed by atoms with Crippen LogP contribution in [0.15, 0.2) is 52.1 Å². The van der Waals surface area contributed by atoms with Crippen LogP contribution in [0.25, 0.3) is 10.9 Å². The van der Waals surface area contributed by atoms with Gasteiger partial charge in [-0.2, -0.15) is 0 Å². The summed E-state index contributed by atoms with van der Waals surface area (Å²) in [5.41, 5.74) is 0.498. The third kappa shape index (κ3) is 5.09. The van der Waals surface area contributed by atoms with Crippen molar-refractivity contribution >= 4 is 28.3 Å². The third-order valence-electron chi connectivity index (χ3n) is 6.03. The maximum absolute atomic E-state index is 13.1. The number of hydrogen-bond acceptors (Lipinski definition) is 5. The highest BCUT2D eigenvalue weighted by Gasteiger charge is 2.26. The van der Waals surface area contributed by atoms with E-state index in [4.69, 9.17) is 0 Å². The second-order valence-corrected chi connectivity index (χ2v) is 8.32. The summed E-state index contributed by atoms with van der Waals surface area (Å²) in [5.74, 6) is -0.701. The molecule has 0 saturated carbocycles. The summed E-state index contributed by atoms with van der Waals surface area (Å²) in [6.07, 6.45) is 1.34. The highest BCUT2D eigenvalue weighted by atomic mass is 19.1. The van der Waals surface area contributed by atoms with Crippen molar-refractivity contribution in [2.75, 3.05) is 25.0 Å². The SMILES string of the molecule is CC(=O)Nc1ccc2c(=O)n(CCN3CCC(C(=O)c4ccc(F)cc4)CC3)c(=O)[nH]c2c1. The van der Waals surface area contributed by atoms with E-state index in [1.807, 2.05) is 0 Å². The number of nitrogens with zero attached hydrogens (tertiary/aromatic N) is 2. The van der Waals surface area contributed by atoms with Crippen molar-refractivity contribution in [3.8, 4) is 0 Å². The lowest BCUT2D eigenvalue weighted by Gasteiger charge is -2.31. The topological polar surface area (TPSA) is 104 Å². The van der Waals surface area contributed by atoms with E-state index in [0.29, 0.717) is 54.6 Å². The lowest BCUT2D eigenvalue weighted by Crippen LogP contribution is -2.42. The number of carbonyl (C=O) groups is 2. The van der Waals surface area contributed by atoms with Crippen LogP contribution in [0, 0.1) is 11.7 Å². The molecule has 33 heavy (non-hydrogen) atoms. The van der Waals surface area contributed by atoms with Gasteiger partial charge in [0.1, 0.15) is 5.82 Å². The molecule has 1 aromatic heterocycles. The number of amides is 1. The number of Topliss-reactive ketones (excluding diaryl/α,β-unsaturated/α-hetero) is 1.